The summed E-state index contributed by atoms with van der Waals surface area (Å²) in [6.07, 6.45) is 3.93. The van der Waals surface area contributed by atoms with Crippen molar-refractivity contribution in [3.63, 3.8) is 0 Å². The summed E-state index contributed by atoms with van der Waals surface area (Å²) in [5, 5.41) is 16.8. The first-order valence-corrected chi connectivity index (χ1v) is 6.74. The first kappa shape index (κ1) is 15.4. The maximum Gasteiger partial charge on any atom is 0.287 e. The van der Waals surface area contributed by atoms with Crippen molar-refractivity contribution in [2.75, 3.05) is 12.3 Å². The number of nitrogens with zero attached hydrogens (tertiary/aromatic N) is 3. The van der Waals surface area contributed by atoms with E-state index in [0.29, 0.717) is 13.1 Å². The number of pyridine rings is 1. The van der Waals surface area contributed by atoms with Crippen LogP contribution in [0.2, 0.25) is 5.02 Å². The van der Waals surface area contributed by atoms with Gasteiger partial charge in [-0.3, -0.25) is 9.78 Å². The third-order valence-corrected chi connectivity index (χ3v) is 3.23. The zero-order valence-corrected chi connectivity index (χ0v) is 12.0. The summed E-state index contributed by atoms with van der Waals surface area (Å²) in [6.45, 7) is 0.963. The smallest absolute Gasteiger partial charge is 0.287 e. The molecule has 2 heterocycles. The van der Waals surface area contributed by atoms with Crippen molar-refractivity contribution in [3.8, 4) is 0 Å². The van der Waals surface area contributed by atoms with Gasteiger partial charge in [-0.15, -0.1) is 0 Å². The van der Waals surface area contributed by atoms with Gasteiger partial charge in [0.15, 0.2) is 0 Å². The Labute approximate surface area is 126 Å². The molecule has 1 unspecified atom stereocenters. The zero-order valence-electron chi connectivity index (χ0n) is 11.2. The summed E-state index contributed by atoms with van der Waals surface area (Å²) in [6, 6.07) is 3.76. The Morgan fingerprint density at radius 1 is 1.43 bits per heavy atom. The Balaban J connectivity index is 1.86. The van der Waals surface area contributed by atoms with Gasteiger partial charge in [0, 0.05) is 25.5 Å². The van der Waals surface area contributed by atoms with Gasteiger partial charge in [0.1, 0.15) is 5.02 Å². The molecule has 0 saturated carbocycles. The second-order valence-corrected chi connectivity index (χ2v) is 4.92. The lowest BCUT2D eigenvalue weighted by Crippen LogP contribution is -2.35. The van der Waals surface area contributed by atoms with Crippen LogP contribution in [0, 0.1) is 0 Å². The highest BCUT2D eigenvalue weighted by atomic mass is 35.5. The van der Waals surface area contributed by atoms with Gasteiger partial charge < -0.3 is 16.2 Å². The minimum Gasteiger partial charge on any atom is -0.396 e. The molecule has 0 aliphatic carbocycles. The van der Waals surface area contributed by atoms with E-state index in [1.807, 2.05) is 12.1 Å². The number of aromatic nitrogens is 3. The van der Waals surface area contributed by atoms with Crippen molar-refractivity contribution >= 4 is 17.3 Å². The third-order valence-electron chi connectivity index (χ3n) is 2.85. The Hall–Kier alpha value is -1.96. The van der Waals surface area contributed by atoms with Crippen molar-refractivity contribution in [3.05, 3.63) is 51.7 Å². The summed E-state index contributed by atoms with van der Waals surface area (Å²) >= 11 is 5.75. The molecule has 0 fully saturated rings. The summed E-state index contributed by atoms with van der Waals surface area (Å²) < 4.78 is 1.09. The molecule has 0 aliphatic heterocycles. The largest absolute Gasteiger partial charge is 0.396 e. The average molecular weight is 310 g/mol. The minimum absolute atomic E-state index is 0.0438. The monoisotopic (exact) mass is 309 g/mol. The van der Waals surface area contributed by atoms with Crippen molar-refractivity contribution in [1.82, 2.24) is 20.1 Å². The van der Waals surface area contributed by atoms with E-state index in [0.717, 1.165) is 10.2 Å². The molecule has 0 radical (unpaired) electrons. The van der Waals surface area contributed by atoms with Gasteiger partial charge in [-0.05, 0) is 17.7 Å². The number of hydrogen-bond donors (Lipinski definition) is 3. The maximum atomic E-state index is 11.8. The van der Waals surface area contributed by atoms with Gasteiger partial charge in [0.25, 0.3) is 5.56 Å². The molecule has 0 saturated heterocycles. The van der Waals surface area contributed by atoms with Crippen molar-refractivity contribution in [2.24, 2.45) is 0 Å². The molecule has 2 aromatic heterocycles. The van der Waals surface area contributed by atoms with E-state index in [-0.39, 0.29) is 17.3 Å². The summed E-state index contributed by atoms with van der Waals surface area (Å²) in [5.74, 6) is 0. The molecule has 21 heavy (non-hydrogen) atoms. The first-order chi connectivity index (χ1) is 10.1. The van der Waals surface area contributed by atoms with Gasteiger partial charge >= 0.3 is 0 Å². The van der Waals surface area contributed by atoms with E-state index in [9.17, 15) is 9.90 Å². The van der Waals surface area contributed by atoms with E-state index in [4.69, 9.17) is 17.3 Å². The fourth-order valence-corrected chi connectivity index (χ4v) is 1.90. The normalized spacial score (nSPS) is 12.3. The minimum atomic E-state index is -0.767. The van der Waals surface area contributed by atoms with E-state index < -0.39 is 11.7 Å². The fraction of sp³-hybridized carbons (Fsp3) is 0.308. The van der Waals surface area contributed by atoms with Crippen molar-refractivity contribution < 1.29 is 5.11 Å². The molecule has 1 atom stereocenters. The second-order valence-electron chi connectivity index (χ2n) is 4.54. The van der Waals surface area contributed by atoms with Gasteiger partial charge in [-0.1, -0.05) is 11.6 Å². The van der Waals surface area contributed by atoms with Gasteiger partial charge in [0.2, 0.25) is 0 Å². The Kier molecular flexibility index (Phi) is 5.26. The van der Waals surface area contributed by atoms with Crippen LogP contribution in [0.25, 0.3) is 0 Å². The van der Waals surface area contributed by atoms with Crippen LogP contribution in [-0.4, -0.2) is 32.5 Å². The van der Waals surface area contributed by atoms with Crippen LogP contribution in [-0.2, 0) is 13.1 Å². The highest BCUT2D eigenvalue weighted by Crippen LogP contribution is 2.09. The molecule has 0 aromatic carbocycles. The number of nitrogens with one attached hydrogen (secondary N) is 1. The van der Waals surface area contributed by atoms with E-state index in [1.54, 1.807) is 12.4 Å². The molecular formula is C13H16ClN5O2. The topological polar surface area (TPSA) is 106 Å². The van der Waals surface area contributed by atoms with Crippen LogP contribution in [0.3, 0.4) is 0 Å². The molecule has 0 spiro atoms. The number of halogens is 1. The molecule has 4 N–H and O–H groups in total. The first-order valence-electron chi connectivity index (χ1n) is 6.36. The van der Waals surface area contributed by atoms with Gasteiger partial charge in [-0.2, -0.15) is 5.10 Å². The van der Waals surface area contributed by atoms with Crippen LogP contribution in [0.1, 0.15) is 5.56 Å². The van der Waals surface area contributed by atoms with Crippen LogP contribution >= 0.6 is 11.6 Å². The predicted molar refractivity (Wildman–Crippen MR) is 79.9 cm³/mol. The number of aliphatic hydroxyl groups excluding tert-OH is 1. The zero-order chi connectivity index (χ0) is 15.2. The van der Waals surface area contributed by atoms with E-state index >= 15 is 0 Å². The van der Waals surface area contributed by atoms with Crippen molar-refractivity contribution in [2.45, 2.75) is 19.2 Å². The van der Waals surface area contributed by atoms with E-state index in [2.05, 4.69) is 15.4 Å². The molecule has 8 heteroatoms. The number of anilines is 1. The number of nitrogens with two attached hydrogens (primary N) is 1. The molecule has 2 aromatic rings. The Morgan fingerprint density at radius 2 is 2.14 bits per heavy atom. The predicted octanol–water partition coefficient (Wildman–Crippen LogP) is 0.0246. The van der Waals surface area contributed by atoms with Crippen LogP contribution in [0.15, 0.2) is 35.5 Å². The molecule has 7 nitrogen and oxygen atoms in total. The summed E-state index contributed by atoms with van der Waals surface area (Å²) in [7, 11) is 0. The van der Waals surface area contributed by atoms with Gasteiger partial charge in [-0.25, -0.2) is 4.68 Å². The maximum absolute atomic E-state index is 11.8. The number of aliphatic hydroxyl groups is 1. The molecule has 0 aliphatic rings. The Morgan fingerprint density at radius 3 is 2.86 bits per heavy atom. The quantitative estimate of drug-likeness (QED) is 0.695. The Bertz CT molecular complexity index is 647. The highest BCUT2D eigenvalue weighted by molar-refractivity contribution is 6.32. The molecular weight excluding hydrogens is 294 g/mol. The standard InChI is InChI=1S/C13H16ClN5O2/c14-12-11(15)7-18-19(13(12)21)8-10(20)6-17-5-9-1-3-16-4-2-9/h1-4,7,10,17,20H,5-6,8,15H2. The van der Waals surface area contributed by atoms with Crippen LogP contribution < -0.4 is 16.6 Å². The third kappa shape index (κ3) is 4.25. The average Bonchev–Trinajstić information content (AvgIpc) is 2.49. The number of nitrogen functional groups attached to an aromatic ring is 1. The summed E-state index contributed by atoms with van der Waals surface area (Å²) in [5.41, 5.74) is 6.15. The van der Waals surface area contributed by atoms with Crippen LogP contribution in [0.4, 0.5) is 5.69 Å². The fourth-order valence-electron chi connectivity index (χ4n) is 1.76. The lowest BCUT2D eigenvalue weighted by molar-refractivity contribution is 0.144. The molecule has 112 valence electrons. The SMILES string of the molecule is Nc1cnn(CC(O)CNCc2ccncc2)c(=O)c1Cl. The lowest BCUT2D eigenvalue weighted by atomic mass is 10.2. The van der Waals surface area contributed by atoms with Gasteiger partial charge in [0.05, 0.1) is 24.5 Å². The number of hydrogen-bond acceptors (Lipinski definition) is 6. The molecule has 0 amide bonds. The van der Waals surface area contributed by atoms with E-state index in [1.165, 1.54) is 6.20 Å². The highest BCUT2D eigenvalue weighted by Gasteiger charge is 2.11. The van der Waals surface area contributed by atoms with Crippen molar-refractivity contribution in [1.29, 1.82) is 0 Å². The number of rotatable bonds is 6. The second kappa shape index (κ2) is 7.16. The lowest BCUT2D eigenvalue weighted by Gasteiger charge is -2.13. The molecule has 2 rings (SSSR count). The summed E-state index contributed by atoms with van der Waals surface area (Å²) in [4.78, 5) is 15.7. The molecule has 0 bridgehead atoms. The van der Waals surface area contributed by atoms with Crippen LogP contribution in [0.5, 0.6) is 0 Å².